The van der Waals surface area contributed by atoms with Crippen molar-refractivity contribution in [2.45, 2.75) is 44.2 Å². The van der Waals surface area contributed by atoms with E-state index in [1.807, 2.05) is 14.2 Å². The third kappa shape index (κ3) is 4.42. The van der Waals surface area contributed by atoms with Gasteiger partial charge in [0.2, 0.25) is 0 Å². The number of likely N-dealkylation sites (tertiary alicyclic amines) is 2. The Morgan fingerprint density at radius 1 is 1.11 bits per heavy atom. The molecule has 0 aromatic rings. The minimum absolute atomic E-state index is 0.539. The average Bonchev–Trinajstić information content (AvgIpc) is 2.48. The molecule has 0 radical (unpaired) electrons. The summed E-state index contributed by atoms with van der Waals surface area (Å²) in [6.07, 6.45) is 6.93. The highest BCUT2D eigenvalue weighted by Crippen LogP contribution is 2.21. The molecule has 0 spiro atoms. The lowest BCUT2D eigenvalue weighted by Crippen LogP contribution is -2.52. The van der Waals surface area contributed by atoms with Crippen LogP contribution in [0.3, 0.4) is 0 Å². The summed E-state index contributed by atoms with van der Waals surface area (Å²) in [6.45, 7) is 7.01. The van der Waals surface area contributed by atoms with Crippen molar-refractivity contribution in [3.63, 3.8) is 0 Å². The van der Waals surface area contributed by atoms with Crippen LogP contribution in [0.2, 0.25) is 0 Å². The number of nitrogens with one attached hydrogen (secondary N) is 1. The van der Waals surface area contributed by atoms with Crippen molar-refractivity contribution in [3.8, 4) is 0 Å². The predicted molar refractivity (Wildman–Crippen MR) is 79.6 cm³/mol. The minimum Gasteiger partial charge on any atom is -0.383 e. The summed E-state index contributed by atoms with van der Waals surface area (Å²) in [4.78, 5) is 5.35. The standard InChI is InChI=1S/C15H31N3O/c1-16-12-15(13-19-2)18-10-6-14(7-11-18)17-8-4-3-5-9-17/h14-16H,3-13H2,1-2H3. The predicted octanol–water partition coefficient (Wildman–Crippen LogP) is 1.17. The first kappa shape index (κ1) is 15.2. The normalized spacial score (nSPS) is 25.6. The van der Waals surface area contributed by atoms with Gasteiger partial charge in [-0.15, -0.1) is 0 Å². The number of nitrogens with zero attached hydrogens (tertiary/aromatic N) is 2. The highest BCUT2D eigenvalue weighted by atomic mass is 16.5. The Morgan fingerprint density at radius 2 is 1.79 bits per heavy atom. The zero-order valence-corrected chi connectivity index (χ0v) is 12.7. The monoisotopic (exact) mass is 269 g/mol. The Labute approximate surface area is 118 Å². The zero-order chi connectivity index (χ0) is 13.5. The summed E-state index contributed by atoms with van der Waals surface area (Å²) in [6, 6.07) is 1.38. The van der Waals surface area contributed by atoms with Gasteiger partial charge in [-0.3, -0.25) is 4.90 Å². The highest BCUT2D eigenvalue weighted by Gasteiger charge is 2.28. The van der Waals surface area contributed by atoms with Gasteiger partial charge >= 0.3 is 0 Å². The molecule has 2 saturated heterocycles. The van der Waals surface area contributed by atoms with Crippen molar-refractivity contribution >= 4 is 0 Å². The topological polar surface area (TPSA) is 27.7 Å². The van der Waals surface area contributed by atoms with Gasteiger partial charge in [0.1, 0.15) is 0 Å². The molecule has 0 aromatic heterocycles. The second-order valence-electron chi connectivity index (χ2n) is 6.03. The highest BCUT2D eigenvalue weighted by molar-refractivity contribution is 4.85. The van der Waals surface area contributed by atoms with E-state index in [0.717, 1.165) is 19.2 Å². The largest absolute Gasteiger partial charge is 0.383 e. The minimum atomic E-state index is 0.539. The van der Waals surface area contributed by atoms with Crippen LogP contribution in [-0.2, 0) is 4.74 Å². The van der Waals surface area contributed by atoms with E-state index in [1.54, 1.807) is 0 Å². The van der Waals surface area contributed by atoms with Crippen LogP contribution in [0.1, 0.15) is 32.1 Å². The van der Waals surface area contributed by atoms with Crippen LogP contribution in [0.15, 0.2) is 0 Å². The molecular formula is C15H31N3O. The molecule has 0 amide bonds. The first-order valence-electron chi connectivity index (χ1n) is 7.96. The summed E-state index contributed by atoms with van der Waals surface area (Å²) < 4.78 is 5.36. The van der Waals surface area contributed by atoms with Gasteiger partial charge in [-0.05, 0) is 45.8 Å². The number of hydrogen-bond acceptors (Lipinski definition) is 4. The Balaban J connectivity index is 1.76. The van der Waals surface area contributed by atoms with E-state index in [-0.39, 0.29) is 0 Å². The number of hydrogen-bond donors (Lipinski definition) is 1. The Bertz CT molecular complexity index is 230. The SMILES string of the molecule is CNCC(COC)N1CCC(N2CCCCC2)CC1. The molecule has 19 heavy (non-hydrogen) atoms. The first-order valence-corrected chi connectivity index (χ1v) is 7.96. The van der Waals surface area contributed by atoms with E-state index in [2.05, 4.69) is 15.1 Å². The Hall–Kier alpha value is -0.160. The number of likely N-dealkylation sites (N-methyl/N-ethyl adjacent to an activating group) is 1. The van der Waals surface area contributed by atoms with E-state index in [9.17, 15) is 0 Å². The third-order valence-electron chi connectivity index (χ3n) is 4.72. The van der Waals surface area contributed by atoms with Crippen LogP contribution in [-0.4, -0.2) is 75.4 Å². The zero-order valence-electron chi connectivity index (χ0n) is 12.7. The van der Waals surface area contributed by atoms with Crippen molar-refractivity contribution in [2.24, 2.45) is 0 Å². The average molecular weight is 269 g/mol. The lowest BCUT2D eigenvalue weighted by atomic mass is 9.99. The van der Waals surface area contributed by atoms with Crippen LogP contribution in [0.5, 0.6) is 0 Å². The fourth-order valence-corrected chi connectivity index (χ4v) is 3.62. The molecule has 0 aliphatic carbocycles. The summed E-state index contributed by atoms with van der Waals surface area (Å²) in [7, 11) is 3.84. The van der Waals surface area contributed by atoms with Crippen molar-refractivity contribution in [2.75, 3.05) is 53.5 Å². The van der Waals surface area contributed by atoms with E-state index in [4.69, 9.17) is 4.74 Å². The maximum Gasteiger partial charge on any atom is 0.0630 e. The molecule has 0 bridgehead atoms. The molecule has 4 heteroatoms. The second kappa shape index (κ2) is 8.20. The molecule has 4 nitrogen and oxygen atoms in total. The fourth-order valence-electron chi connectivity index (χ4n) is 3.62. The van der Waals surface area contributed by atoms with Crippen molar-refractivity contribution in [1.29, 1.82) is 0 Å². The van der Waals surface area contributed by atoms with Crippen LogP contribution in [0.25, 0.3) is 0 Å². The van der Waals surface area contributed by atoms with Gasteiger partial charge < -0.3 is 15.0 Å². The number of methoxy groups -OCH3 is 1. The summed E-state index contributed by atoms with van der Waals surface area (Å²) in [5.74, 6) is 0. The lowest BCUT2D eigenvalue weighted by Gasteiger charge is -2.42. The maximum absolute atomic E-state index is 5.36. The first-order chi connectivity index (χ1) is 9.35. The quantitative estimate of drug-likeness (QED) is 0.783. The van der Waals surface area contributed by atoms with Crippen LogP contribution in [0, 0.1) is 0 Å². The number of ether oxygens (including phenoxy) is 1. The van der Waals surface area contributed by atoms with Gasteiger partial charge in [0.25, 0.3) is 0 Å². The Morgan fingerprint density at radius 3 is 2.37 bits per heavy atom. The van der Waals surface area contributed by atoms with Crippen LogP contribution in [0.4, 0.5) is 0 Å². The molecule has 112 valence electrons. The summed E-state index contributed by atoms with van der Waals surface area (Å²) >= 11 is 0. The summed E-state index contributed by atoms with van der Waals surface area (Å²) in [5, 5.41) is 3.29. The number of piperidine rings is 2. The molecule has 2 rings (SSSR count). The molecule has 1 unspecified atom stereocenters. The molecule has 2 aliphatic heterocycles. The molecule has 2 fully saturated rings. The van der Waals surface area contributed by atoms with Gasteiger partial charge in [-0.25, -0.2) is 0 Å². The van der Waals surface area contributed by atoms with Gasteiger partial charge in [-0.1, -0.05) is 6.42 Å². The van der Waals surface area contributed by atoms with Crippen molar-refractivity contribution in [3.05, 3.63) is 0 Å². The van der Waals surface area contributed by atoms with Gasteiger partial charge in [-0.2, -0.15) is 0 Å². The van der Waals surface area contributed by atoms with Gasteiger partial charge in [0.15, 0.2) is 0 Å². The molecule has 2 aliphatic rings. The summed E-state index contributed by atoms with van der Waals surface area (Å²) in [5.41, 5.74) is 0. The Kier molecular flexibility index (Phi) is 6.57. The van der Waals surface area contributed by atoms with E-state index in [0.29, 0.717) is 6.04 Å². The number of rotatable bonds is 6. The molecular weight excluding hydrogens is 238 g/mol. The second-order valence-corrected chi connectivity index (χ2v) is 6.03. The lowest BCUT2D eigenvalue weighted by molar-refractivity contribution is 0.0419. The van der Waals surface area contributed by atoms with E-state index >= 15 is 0 Å². The third-order valence-corrected chi connectivity index (χ3v) is 4.72. The van der Waals surface area contributed by atoms with E-state index < -0.39 is 0 Å². The van der Waals surface area contributed by atoms with Crippen molar-refractivity contribution in [1.82, 2.24) is 15.1 Å². The van der Waals surface area contributed by atoms with Crippen LogP contribution >= 0.6 is 0 Å². The van der Waals surface area contributed by atoms with E-state index in [1.165, 1.54) is 58.3 Å². The van der Waals surface area contributed by atoms with Crippen molar-refractivity contribution < 1.29 is 4.74 Å². The molecule has 2 heterocycles. The van der Waals surface area contributed by atoms with Gasteiger partial charge in [0.05, 0.1) is 6.61 Å². The molecule has 0 aromatic carbocycles. The smallest absolute Gasteiger partial charge is 0.0630 e. The molecule has 0 saturated carbocycles. The fraction of sp³-hybridized carbons (Fsp3) is 1.00. The molecule has 1 atom stereocenters. The van der Waals surface area contributed by atoms with Gasteiger partial charge in [0, 0.05) is 38.8 Å². The maximum atomic E-state index is 5.36. The molecule has 1 N–H and O–H groups in total. The van der Waals surface area contributed by atoms with Crippen LogP contribution < -0.4 is 5.32 Å².